The average Bonchev–Trinajstić information content (AvgIpc) is 3.62. The van der Waals surface area contributed by atoms with Gasteiger partial charge in [-0.3, -0.25) is 4.98 Å². The van der Waals surface area contributed by atoms with Gasteiger partial charge in [-0.15, -0.1) is 0 Å². The van der Waals surface area contributed by atoms with Crippen molar-refractivity contribution < 1.29 is 4.42 Å². The molecule has 0 aliphatic heterocycles. The monoisotopic (exact) mass is 664 g/mol. The highest BCUT2D eigenvalue weighted by atomic mass is 16.3. The summed E-state index contributed by atoms with van der Waals surface area (Å²) in [6.07, 6.45) is 3.72. The van der Waals surface area contributed by atoms with Gasteiger partial charge in [0, 0.05) is 39.9 Å². The van der Waals surface area contributed by atoms with E-state index in [0.29, 0.717) is 0 Å². The summed E-state index contributed by atoms with van der Waals surface area (Å²) in [5.74, 6) is 0. The van der Waals surface area contributed by atoms with Gasteiger partial charge in [-0.2, -0.15) is 0 Å². The summed E-state index contributed by atoms with van der Waals surface area (Å²) < 4.78 is 6.82. The molecule has 0 atom stereocenters. The lowest BCUT2D eigenvalue weighted by Crippen LogP contribution is -2.10. The number of para-hydroxylation sites is 1. The minimum Gasteiger partial charge on any atom is -0.453 e. The first-order chi connectivity index (χ1) is 25.8. The normalized spacial score (nSPS) is 11.5. The molecule has 0 bridgehead atoms. The molecule has 0 amide bonds. The maximum absolute atomic E-state index is 6.82. The highest BCUT2D eigenvalue weighted by Gasteiger charge is 2.21. The van der Waals surface area contributed by atoms with E-state index in [2.05, 4.69) is 186 Å². The van der Waals surface area contributed by atoms with Crippen LogP contribution in [0, 0.1) is 0 Å². The van der Waals surface area contributed by atoms with E-state index < -0.39 is 0 Å². The van der Waals surface area contributed by atoms with Crippen molar-refractivity contribution in [3.8, 4) is 33.4 Å². The minimum absolute atomic E-state index is 0.840. The van der Waals surface area contributed by atoms with E-state index in [1.807, 2.05) is 18.5 Å². The Bertz CT molecular complexity index is 2880. The Hall–Kier alpha value is -6.97. The number of anilines is 3. The minimum atomic E-state index is 0.840. The molecule has 0 N–H and O–H groups in total. The highest BCUT2D eigenvalue weighted by molar-refractivity contribution is 6.17. The number of hydrogen-bond donors (Lipinski definition) is 0. The molecule has 10 aromatic rings. The van der Waals surface area contributed by atoms with Crippen LogP contribution in [0.1, 0.15) is 0 Å². The zero-order valence-electron chi connectivity index (χ0n) is 28.3. The zero-order valence-corrected chi connectivity index (χ0v) is 28.3. The van der Waals surface area contributed by atoms with Gasteiger partial charge in [0.25, 0.3) is 0 Å². The Morgan fingerprint density at radius 2 is 0.904 bits per heavy atom. The van der Waals surface area contributed by atoms with Gasteiger partial charge in [0.2, 0.25) is 0 Å². The molecule has 2 aromatic heterocycles. The highest BCUT2D eigenvalue weighted by Crippen LogP contribution is 2.44. The summed E-state index contributed by atoms with van der Waals surface area (Å²) >= 11 is 0. The average molecular weight is 665 g/mol. The second kappa shape index (κ2) is 12.4. The summed E-state index contributed by atoms with van der Waals surface area (Å²) in [6.45, 7) is 0. The molecular weight excluding hydrogens is 633 g/mol. The number of benzene rings is 8. The molecule has 0 unspecified atom stereocenters. The first-order valence-electron chi connectivity index (χ1n) is 17.6. The van der Waals surface area contributed by atoms with Crippen molar-refractivity contribution >= 4 is 60.5 Å². The third-order valence-electron chi connectivity index (χ3n) is 10.2. The third kappa shape index (κ3) is 5.02. The number of furan rings is 1. The van der Waals surface area contributed by atoms with Crippen LogP contribution in [-0.2, 0) is 0 Å². The van der Waals surface area contributed by atoms with Crippen molar-refractivity contribution in [1.29, 1.82) is 0 Å². The lowest BCUT2D eigenvalue weighted by Gasteiger charge is -2.26. The number of fused-ring (bicyclic) bond motifs is 6. The molecule has 0 saturated carbocycles. The van der Waals surface area contributed by atoms with E-state index in [9.17, 15) is 0 Å². The number of hydrogen-bond acceptors (Lipinski definition) is 3. The van der Waals surface area contributed by atoms with Gasteiger partial charge in [0.1, 0.15) is 5.58 Å². The summed E-state index contributed by atoms with van der Waals surface area (Å²) in [4.78, 5) is 6.73. The molecule has 0 spiro atoms. The number of rotatable bonds is 6. The number of aromatic nitrogens is 1. The van der Waals surface area contributed by atoms with E-state index >= 15 is 0 Å². The molecule has 0 aliphatic carbocycles. The quantitative estimate of drug-likeness (QED) is 0.177. The molecule has 52 heavy (non-hydrogen) atoms. The van der Waals surface area contributed by atoms with Gasteiger partial charge in [-0.1, -0.05) is 140 Å². The van der Waals surface area contributed by atoms with Crippen LogP contribution in [0.5, 0.6) is 0 Å². The molecule has 3 nitrogen and oxygen atoms in total. The fourth-order valence-corrected chi connectivity index (χ4v) is 7.65. The van der Waals surface area contributed by atoms with Crippen LogP contribution in [-0.4, -0.2) is 4.98 Å². The van der Waals surface area contributed by atoms with Crippen LogP contribution in [0.2, 0.25) is 0 Å². The summed E-state index contributed by atoms with van der Waals surface area (Å²) in [6, 6.07) is 64.8. The zero-order chi connectivity index (χ0) is 34.4. The first-order valence-corrected chi connectivity index (χ1v) is 17.6. The SMILES string of the molecule is c1ccc(-c2ccc(N(c3ccc(-c4ccc(-c5ccccc5)c5ccccc45)cc3)c3cccc4c3oc3c5cnccc5ccc43)cc2)cc1. The molecule has 0 fully saturated rings. The van der Waals surface area contributed by atoms with Crippen LogP contribution in [0.3, 0.4) is 0 Å². The first kappa shape index (κ1) is 29.9. The standard InChI is InChI=1S/C49H32N2O/c1-3-10-33(11-4-1)34-18-23-38(24-19-34)51(47-17-9-16-44-45-27-22-37-30-31-50-32-46(37)48(45)52-49(44)47)39-25-20-36(21-26-39)41-29-28-40(35-12-5-2-6-13-35)42-14-7-8-15-43(41)42/h1-32H. The van der Waals surface area contributed by atoms with Crippen molar-refractivity contribution in [3.63, 3.8) is 0 Å². The Kier molecular flexibility index (Phi) is 7.14. The molecular formula is C49H32N2O. The van der Waals surface area contributed by atoms with E-state index in [1.54, 1.807) is 0 Å². The fraction of sp³-hybridized carbons (Fsp3) is 0. The van der Waals surface area contributed by atoms with Crippen molar-refractivity contribution in [3.05, 3.63) is 194 Å². The van der Waals surface area contributed by atoms with Gasteiger partial charge in [0.05, 0.1) is 5.69 Å². The van der Waals surface area contributed by atoms with E-state index in [4.69, 9.17) is 4.42 Å². The van der Waals surface area contributed by atoms with Gasteiger partial charge in [-0.05, 0) is 92.0 Å². The largest absolute Gasteiger partial charge is 0.453 e. The molecule has 0 saturated heterocycles. The van der Waals surface area contributed by atoms with Crippen molar-refractivity contribution in [2.45, 2.75) is 0 Å². The van der Waals surface area contributed by atoms with Gasteiger partial charge in [0.15, 0.2) is 5.58 Å². The molecule has 0 aliphatic rings. The Morgan fingerprint density at radius 1 is 0.365 bits per heavy atom. The van der Waals surface area contributed by atoms with E-state index in [1.165, 1.54) is 44.2 Å². The second-order valence-corrected chi connectivity index (χ2v) is 13.2. The summed E-state index contributed by atoms with van der Waals surface area (Å²) in [7, 11) is 0. The van der Waals surface area contributed by atoms with Gasteiger partial charge >= 0.3 is 0 Å². The van der Waals surface area contributed by atoms with Crippen LogP contribution in [0.25, 0.3) is 76.9 Å². The molecule has 8 aromatic carbocycles. The van der Waals surface area contributed by atoms with Gasteiger partial charge in [-0.25, -0.2) is 0 Å². The van der Waals surface area contributed by atoms with Gasteiger partial charge < -0.3 is 9.32 Å². The summed E-state index contributed by atoms with van der Waals surface area (Å²) in [5.41, 5.74) is 12.0. The van der Waals surface area contributed by atoms with Crippen LogP contribution >= 0.6 is 0 Å². The lowest BCUT2D eigenvalue weighted by atomic mass is 9.92. The molecule has 10 rings (SSSR count). The van der Waals surface area contributed by atoms with Crippen molar-refractivity contribution in [1.82, 2.24) is 4.98 Å². The second-order valence-electron chi connectivity index (χ2n) is 13.2. The topological polar surface area (TPSA) is 29.3 Å². The van der Waals surface area contributed by atoms with Crippen LogP contribution in [0.4, 0.5) is 17.1 Å². The summed E-state index contributed by atoms with van der Waals surface area (Å²) in [5, 5.41) is 6.75. The Balaban J connectivity index is 1.13. The predicted octanol–water partition coefficient (Wildman–Crippen LogP) is 13.8. The number of nitrogens with zero attached hydrogens (tertiary/aromatic N) is 2. The predicted molar refractivity (Wildman–Crippen MR) is 218 cm³/mol. The maximum atomic E-state index is 6.82. The fourth-order valence-electron chi connectivity index (χ4n) is 7.65. The van der Waals surface area contributed by atoms with Crippen molar-refractivity contribution in [2.75, 3.05) is 4.90 Å². The molecule has 3 heteroatoms. The van der Waals surface area contributed by atoms with E-state index in [-0.39, 0.29) is 0 Å². The maximum Gasteiger partial charge on any atom is 0.159 e. The molecule has 244 valence electrons. The van der Waals surface area contributed by atoms with Crippen molar-refractivity contribution in [2.24, 2.45) is 0 Å². The lowest BCUT2D eigenvalue weighted by molar-refractivity contribution is 0.672. The smallest absolute Gasteiger partial charge is 0.159 e. The third-order valence-corrected chi connectivity index (χ3v) is 10.2. The number of pyridine rings is 1. The Labute approximate surface area is 301 Å². The Morgan fingerprint density at radius 3 is 1.58 bits per heavy atom. The van der Waals surface area contributed by atoms with Crippen LogP contribution < -0.4 is 4.90 Å². The molecule has 0 radical (unpaired) electrons. The molecule has 2 heterocycles. The van der Waals surface area contributed by atoms with Crippen LogP contribution in [0.15, 0.2) is 199 Å². The van der Waals surface area contributed by atoms with E-state index in [0.717, 1.165) is 49.8 Å².